The van der Waals surface area contributed by atoms with Crippen LogP contribution in [0.15, 0.2) is 54.6 Å². The fraction of sp³-hybridized carbons (Fsp3) is 0.381. The quantitative estimate of drug-likeness (QED) is 0.837. The fourth-order valence-electron chi connectivity index (χ4n) is 3.30. The first-order valence-corrected chi connectivity index (χ1v) is 9.01. The van der Waals surface area contributed by atoms with E-state index in [1.54, 1.807) is 12.1 Å². The number of aryl methyl sites for hydroxylation is 1. The van der Waals surface area contributed by atoms with E-state index in [-0.39, 0.29) is 6.61 Å². The fourth-order valence-corrected chi connectivity index (χ4v) is 3.30. The van der Waals surface area contributed by atoms with Crippen LogP contribution in [0, 0.1) is 6.92 Å². The van der Waals surface area contributed by atoms with Crippen molar-refractivity contribution in [1.29, 1.82) is 0 Å². The lowest BCUT2D eigenvalue weighted by molar-refractivity contribution is -0.313. The summed E-state index contributed by atoms with van der Waals surface area (Å²) in [7, 11) is 0. The SMILES string of the molecule is Cc1ccc(C(=O)O[C@H]2CO[C@@H]3CO[C@@H](c4ccccc4)O[C@H]3[C@@H]2O)cc1. The highest BCUT2D eigenvalue weighted by atomic mass is 16.7. The van der Waals surface area contributed by atoms with Crippen molar-refractivity contribution in [2.75, 3.05) is 13.2 Å². The summed E-state index contributed by atoms with van der Waals surface area (Å²) in [6.07, 6.45) is -3.40. The van der Waals surface area contributed by atoms with Gasteiger partial charge in [0.1, 0.15) is 18.3 Å². The highest BCUT2D eigenvalue weighted by molar-refractivity contribution is 5.89. The van der Waals surface area contributed by atoms with E-state index in [1.165, 1.54) is 0 Å². The van der Waals surface area contributed by atoms with Crippen molar-refractivity contribution in [2.45, 2.75) is 37.6 Å². The van der Waals surface area contributed by atoms with E-state index in [4.69, 9.17) is 18.9 Å². The third-order valence-electron chi connectivity index (χ3n) is 4.87. The van der Waals surface area contributed by atoms with E-state index in [0.29, 0.717) is 12.2 Å². The Hall–Kier alpha value is -2.25. The Kier molecular flexibility index (Phi) is 5.22. The first kappa shape index (κ1) is 18.1. The molecule has 2 heterocycles. The summed E-state index contributed by atoms with van der Waals surface area (Å²) in [4.78, 5) is 12.4. The standard InChI is InChI=1S/C21H22O6/c1-13-7-9-14(10-8-13)20(23)26-16-11-24-17-12-25-21(27-19(17)18(16)22)15-5-3-2-4-6-15/h2-10,16-19,21-22H,11-12H2,1H3/t16-,17+,18+,19+,21+/m0/s1. The van der Waals surface area contributed by atoms with Gasteiger partial charge in [0.15, 0.2) is 12.4 Å². The number of ether oxygens (including phenoxy) is 4. The van der Waals surface area contributed by atoms with Crippen LogP contribution in [-0.2, 0) is 18.9 Å². The Balaban J connectivity index is 1.43. The molecule has 0 amide bonds. The van der Waals surface area contributed by atoms with Crippen LogP contribution in [0.1, 0.15) is 27.8 Å². The first-order valence-electron chi connectivity index (χ1n) is 9.01. The molecule has 0 saturated carbocycles. The molecule has 2 aromatic rings. The maximum atomic E-state index is 12.4. The summed E-state index contributed by atoms with van der Waals surface area (Å²) in [5.41, 5.74) is 2.35. The van der Waals surface area contributed by atoms with Crippen molar-refractivity contribution in [1.82, 2.24) is 0 Å². The van der Waals surface area contributed by atoms with Crippen molar-refractivity contribution >= 4 is 5.97 Å². The zero-order valence-corrected chi connectivity index (χ0v) is 15.0. The molecule has 27 heavy (non-hydrogen) atoms. The Bertz CT molecular complexity index is 775. The predicted molar refractivity (Wildman–Crippen MR) is 96.1 cm³/mol. The lowest BCUT2D eigenvalue weighted by Gasteiger charge is -2.44. The Morgan fingerprint density at radius 2 is 1.78 bits per heavy atom. The topological polar surface area (TPSA) is 74.2 Å². The number of aliphatic hydroxyl groups excluding tert-OH is 1. The van der Waals surface area contributed by atoms with Crippen molar-refractivity contribution in [3.05, 3.63) is 71.3 Å². The number of esters is 1. The van der Waals surface area contributed by atoms with E-state index >= 15 is 0 Å². The minimum Gasteiger partial charge on any atom is -0.453 e. The summed E-state index contributed by atoms with van der Waals surface area (Å²) < 4.78 is 22.8. The molecule has 1 N–H and O–H groups in total. The van der Waals surface area contributed by atoms with Crippen LogP contribution in [-0.4, -0.2) is 48.7 Å². The maximum absolute atomic E-state index is 12.4. The average Bonchev–Trinajstić information content (AvgIpc) is 2.71. The number of aliphatic hydroxyl groups is 1. The molecule has 0 spiro atoms. The van der Waals surface area contributed by atoms with E-state index < -0.39 is 36.7 Å². The Labute approximate surface area is 157 Å². The van der Waals surface area contributed by atoms with Crippen molar-refractivity contribution in [3.63, 3.8) is 0 Å². The molecule has 0 aliphatic carbocycles. The minimum absolute atomic E-state index is 0.0999. The van der Waals surface area contributed by atoms with Gasteiger partial charge in [-0.05, 0) is 19.1 Å². The minimum atomic E-state index is -0.992. The molecule has 4 rings (SSSR count). The number of rotatable bonds is 3. The molecule has 6 heteroatoms. The summed E-state index contributed by atoms with van der Waals surface area (Å²) in [5.74, 6) is -0.493. The van der Waals surface area contributed by atoms with E-state index in [1.807, 2.05) is 49.4 Å². The normalized spacial score (nSPS) is 30.4. The van der Waals surface area contributed by atoms with Crippen LogP contribution in [0.3, 0.4) is 0 Å². The number of carbonyl (C=O) groups is 1. The monoisotopic (exact) mass is 370 g/mol. The van der Waals surface area contributed by atoms with Gasteiger partial charge in [0.25, 0.3) is 0 Å². The van der Waals surface area contributed by atoms with Gasteiger partial charge in [-0.25, -0.2) is 4.79 Å². The molecule has 142 valence electrons. The van der Waals surface area contributed by atoms with Crippen LogP contribution in [0.25, 0.3) is 0 Å². The zero-order chi connectivity index (χ0) is 18.8. The van der Waals surface area contributed by atoms with E-state index in [0.717, 1.165) is 11.1 Å². The highest BCUT2D eigenvalue weighted by Gasteiger charge is 2.46. The molecule has 2 aromatic carbocycles. The van der Waals surface area contributed by atoms with Gasteiger partial charge in [-0.1, -0.05) is 48.0 Å². The van der Waals surface area contributed by atoms with Crippen LogP contribution in [0.2, 0.25) is 0 Å². The second kappa shape index (κ2) is 7.78. The third kappa shape index (κ3) is 3.89. The van der Waals surface area contributed by atoms with Gasteiger partial charge in [0.2, 0.25) is 0 Å². The number of fused-ring (bicyclic) bond motifs is 1. The highest BCUT2D eigenvalue weighted by Crippen LogP contribution is 2.33. The molecule has 0 radical (unpaired) electrons. The number of hydrogen-bond donors (Lipinski definition) is 1. The Morgan fingerprint density at radius 1 is 1.04 bits per heavy atom. The van der Waals surface area contributed by atoms with E-state index in [2.05, 4.69) is 0 Å². The number of carbonyl (C=O) groups excluding carboxylic acids is 1. The van der Waals surface area contributed by atoms with Crippen molar-refractivity contribution in [2.24, 2.45) is 0 Å². The van der Waals surface area contributed by atoms with Gasteiger partial charge in [-0.3, -0.25) is 0 Å². The first-order chi connectivity index (χ1) is 13.1. The zero-order valence-electron chi connectivity index (χ0n) is 15.0. The smallest absolute Gasteiger partial charge is 0.338 e. The van der Waals surface area contributed by atoms with Gasteiger partial charge in [-0.15, -0.1) is 0 Å². The molecule has 0 bridgehead atoms. The molecular weight excluding hydrogens is 348 g/mol. The third-order valence-corrected chi connectivity index (χ3v) is 4.87. The van der Waals surface area contributed by atoms with Crippen LogP contribution in [0.4, 0.5) is 0 Å². The van der Waals surface area contributed by atoms with Crippen molar-refractivity contribution in [3.8, 4) is 0 Å². The van der Waals surface area contributed by atoms with E-state index in [9.17, 15) is 9.90 Å². The van der Waals surface area contributed by atoms with Crippen LogP contribution < -0.4 is 0 Å². The summed E-state index contributed by atoms with van der Waals surface area (Å²) >= 11 is 0. The van der Waals surface area contributed by atoms with Crippen molar-refractivity contribution < 1.29 is 28.8 Å². The molecule has 0 aromatic heterocycles. The van der Waals surface area contributed by atoms with Gasteiger partial charge in [-0.2, -0.15) is 0 Å². The summed E-state index contributed by atoms with van der Waals surface area (Å²) in [5, 5.41) is 10.7. The molecular formula is C21H22O6. The Morgan fingerprint density at radius 3 is 2.52 bits per heavy atom. The average molecular weight is 370 g/mol. The molecule has 2 fully saturated rings. The van der Waals surface area contributed by atoms with Crippen LogP contribution in [0.5, 0.6) is 0 Å². The largest absolute Gasteiger partial charge is 0.453 e. The number of hydrogen-bond acceptors (Lipinski definition) is 6. The predicted octanol–water partition coefficient (Wildman–Crippen LogP) is 2.39. The van der Waals surface area contributed by atoms with Crippen LogP contribution >= 0.6 is 0 Å². The molecule has 2 saturated heterocycles. The number of benzene rings is 2. The van der Waals surface area contributed by atoms with Gasteiger partial charge >= 0.3 is 5.97 Å². The van der Waals surface area contributed by atoms with Gasteiger partial charge < -0.3 is 24.1 Å². The lowest BCUT2D eigenvalue weighted by atomic mass is 9.98. The molecule has 0 unspecified atom stereocenters. The maximum Gasteiger partial charge on any atom is 0.338 e. The second-order valence-electron chi connectivity index (χ2n) is 6.85. The van der Waals surface area contributed by atoms with Gasteiger partial charge in [0.05, 0.1) is 18.8 Å². The summed E-state index contributed by atoms with van der Waals surface area (Å²) in [6, 6.07) is 16.6. The molecule has 6 nitrogen and oxygen atoms in total. The molecule has 2 aliphatic heterocycles. The molecule has 2 aliphatic rings. The summed E-state index contributed by atoms with van der Waals surface area (Å²) in [6.45, 7) is 2.35. The second-order valence-corrected chi connectivity index (χ2v) is 6.85. The molecule has 5 atom stereocenters. The van der Waals surface area contributed by atoms with Gasteiger partial charge in [0, 0.05) is 5.56 Å². The lowest BCUT2D eigenvalue weighted by Crippen LogP contribution is -2.59.